The number of H-pyrrole nitrogens is 1. The second-order valence-corrected chi connectivity index (χ2v) is 6.00. The van der Waals surface area contributed by atoms with Crippen molar-refractivity contribution in [1.29, 1.82) is 0 Å². The molecule has 1 aromatic rings. The number of aromatic amines is 1. The minimum Gasteiger partial charge on any atom is -0.378 e. The van der Waals surface area contributed by atoms with Crippen LogP contribution in [-0.4, -0.2) is 40.3 Å². The van der Waals surface area contributed by atoms with Gasteiger partial charge in [0.15, 0.2) is 0 Å². The first-order valence-electron chi connectivity index (χ1n) is 7.46. The third-order valence-electron chi connectivity index (χ3n) is 3.67. The zero-order valence-corrected chi connectivity index (χ0v) is 12.7. The van der Waals surface area contributed by atoms with Gasteiger partial charge in [0.05, 0.1) is 25.3 Å². The number of ether oxygens (including phenoxy) is 1. The van der Waals surface area contributed by atoms with Gasteiger partial charge in [0.25, 0.3) is 0 Å². The van der Waals surface area contributed by atoms with Crippen LogP contribution in [0.1, 0.15) is 44.9 Å². The maximum absolute atomic E-state index is 12.1. The highest BCUT2D eigenvalue weighted by molar-refractivity contribution is 5.76. The van der Waals surface area contributed by atoms with Crippen LogP contribution in [0.3, 0.4) is 0 Å². The zero-order valence-electron chi connectivity index (χ0n) is 12.7. The molecule has 0 spiro atoms. The molecule has 1 aliphatic rings. The van der Waals surface area contributed by atoms with E-state index in [1.807, 2.05) is 11.1 Å². The molecule has 1 aromatic heterocycles. The quantitative estimate of drug-likeness (QED) is 0.868. The Labute approximate surface area is 120 Å². The largest absolute Gasteiger partial charge is 0.378 e. The van der Waals surface area contributed by atoms with Crippen LogP contribution in [0.5, 0.6) is 0 Å². The van der Waals surface area contributed by atoms with E-state index in [0.29, 0.717) is 25.5 Å². The first kappa shape index (κ1) is 15.0. The Morgan fingerprint density at radius 1 is 1.50 bits per heavy atom. The maximum atomic E-state index is 12.1. The van der Waals surface area contributed by atoms with Crippen molar-refractivity contribution in [3.63, 3.8) is 0 Å². The molecule has 20 heavy (non-hydrogen) atoms. The molecule has 0 bridgehead atoms. The molecule has 0 saturated carbocycles. The number of nitrogens with one attached hydrogen (secondary N) is 1. The van der Waals surface area contributed by atoms with Crippen LogP contribution in [-0.2, 0) is 22.5 Å². The molecule has 0 aliphatic carbocycles. The average Bonchev–Trinajstić information content (AvgIpc) is 2.84. The molecule has 5 nitrogen and oxygen atoms in total. The van der Waals surface area contributed by atoms with Gasteiger partial charge in [0, 0.05) is 30.8 Å². The highest BCUT2D eigenvalue weighted by Gasteiger charge is 2.21. The van der Waals surface area contributed by atoms with Crippen molar-refractivity contribution < 1.29 is 9.53 Å². The summed E-state index contributed by atoms with van der Waals surface area (Å²) >= 11 is 0. The predicted octanol–water partition coefficient (Wildman–Crippen LogP) is 2.14. The van der Waals surface area contributed by atoms with Crippen molar-refractivity contribution in [2.24, 2.45) is 5.92 Å². The summed E-state index contributed by atoms with van der Waals surface area (Å²) in [4.78, 5) is 14.0. The van der Waals surface area contributed by atoms with E-state index in [1.54, 1.807) is 0 Å². The lowest BCUT2D eigenvalue weighted by atomic mass is 10.1. The third kappa shape index (κ3) is 4.07. The summed E-state index contributed by atoms with van der Waals surface area (Å²) in [6.07, 6.45) is 4.41. The molecule has 0 aromatic carbocycles. The van der Waals surface area contributed by atoms with E-state index in [9.17, 15) is 4.79 Å². The summed E-state index contributed by atoms with van der Waals surface area (Å²) in [5.41, 5.74) is 2.30. The molecule has 1 aliphatic heterocycles. The van der Waals surface area contributed by atoms with Crippen LogP contribution in [0.15, 0.2) is 6.20 Å². The summed E-state index contributed by atoms with van der Waals surface area (Å²) in [7, 11) is 0. The Hall–Kier alpha value is -1.36. The lowest BCUT2D eigenvalue weighted by molar-refractivity contribution is -0.133. The summed E-state index contributed by atoms with van der Waals surface area (Å²) in [6, 6.07) is 0. The summed E-state index contributed by atoms with van der Waals surface area (Å²) in [6.45, 7) is 8.40. The Morgan fingerprint density at radius 2 is 2.30 bits per heavy atom. The maximum Gasteiger partial charge on any atom is 0.225 e. The van der Waals surface area contributed by atoms with Crippen molar-refractivity contribution >= 4 is 5.91 Å². The minimum atomic E-state index is 0.175. The fraction of sp³-hybridized carbons (Fsp3) is 0.733. The molecule has 2 heterocycles. The molecule has 1 unspecified atom stereocenters. The van der Waals surface area contributed by atoms with Gasteiger partial charge in [-0.05, 0) is 19.3 Å². The smallest absolute Gasteiger partial charge is 0.225 e. The van der Waals surface area contributed by atoms with Gasteiger partial charge in [-0.15, -0.1) is 0 Å². The van der Waals surface area contributed by atoms with Crippen LogP contribution in [0.25, 0.3) is 0 Å². The standard InChI is InChI=1S/C15H25N3O2/c1-11(2)8-12(3)20-7-5-15(19)18-6-4-14-13(10-18)9-16-17-14/h9,11-12H,4-8,10H2,1-3H3,(H,16,17). The number of carbonyl (C=O) groups is 1. The van der Waals surface area contributed by atoms with Gasteiger partial charge in [-0.25, -0.2) is 0 Å². The zero-order chi connectivity index (χ0) is 14.5. The Bertz CT molecular complexity index is 442. The van der Waals surface area contributed by atoms with Crippen molar-refractivity contribution in [2.75, 3.05) is 13.2 Å². The molecule has 0 fully saturated rings. The van der Waals surface area contributed by atoms with E-state index >= 15 is 0 Å². The normalized spacial score (nSPS) is 16.3. The first-order chi connectivity index (χ1) is 9.56. The van der Waals surface area contributed by atoms with Crippen LogP contribution < -0.4 is 0 Å². The topological polar surface area (TPSA) is 58.2 Å². The van der Waals surface area contributed by atoms with Crippen molar-refractivity contribution in [2.45, 2.75) is 52.7 Å². The van der Waals surface area contributed by atoms with E-state index in [1.165, 1.54) is 0 Å². The monoisotopic (exact) mass is 279 g/mol. The highest BCUT2D eigenvalue weighted by atomic mass is 16.5. The second kappa shape index (κ2) is 6.88. The molecule has 1 N–H and O–H groups in total. The van der Waals surface area contributed by atoms with Crippen LogP contribution in [0.4, 0.5) is 0 Å². The third-order valence-corrected chi connectivity index (χ3v) is 3.67. The second-order valence-electron chi connectivity index (χ2n) is 6.00. The SMILES string of the molecule is CC(C)CC(C)OCCC(=O)N1CCc2[nH]ncc2C1. The fourth-order valence-electron chi connectivity index (χ4n) is 2.67. The number of hydrogen-bond acceptors (Lipinski definition) is 3. The number of rotatable bonds is 6. The van der Waals surface area contributed by atoms with E-state index in [2.05, 4.69) is 31.0 Å². The van der Waals surface area contributed by atoms with Gasteiger partial charge in [-0.1, -0.05) is 13.8 Å². The van der Waals surface area contributed by atoms with Crippen molar-refractivity contribution in [1.82, 2.24) is 15.1 Å². The number of nitrogens with zero attached hydrogens (tertiary/aromatic N) is 2. The van der Waals surface area contributed by atoms with E-state index in [4.69, 9.17) is 4.74 Å². The van der Waals surface area contributed by atoms with Gasteiger partial charge in [0.2, 0.25) is 5.91 Å². The molecule has 2 rings (SSSR count). The van der Waals surface area contributed by atoms with Gasteiger partial charge < -0.3 is 9.64 Å². The Balaban J connectivity index is 1.71. The van der Waals surface area contributed by atoms with Crippen LogP contribution in [0.2, 0.25) is 0 Å². The molecule has 5 heteroatoms. The molecule has 1 amide bonds. The molecule has 1 atom stereocenters. The van der Waals surface area contributed by atoms with Crippen LogP contribution >= 0.6 is 0 Å². The van der Waals surface area contributed by atoms with Crippen molar-refractivity contribution in [3.05, 3.63) is 17.5 Å². The molecule has 0 saturated heterocycles. The number of fused-ring (bicyclic) bond motifs is 1. The minimum absolute atomic E-state index is 0.175. The summed E-state index contributed by atoms with van der Waals surface area (Å²) < 4.78 is 5.70. The van der Waals surface area contributed by atoms with Crippen molar-refractivity contribution in [3.8, 4) is 0 Å². The summed E-state index contributed by atoms with van der Waals surface area (Å²) in [5.74, 6) is 0.802. The fourth-order valence-corrected chi connectivity index (χ4v) is 2.67. The highest BCUT2D eigenvalue weighted by Crippen LogP contribution is 2.16. The lowest BCUT2D eigenvalue weighted by Crippen LogP contribution is -2.36. The van der Waals surface area contributed by atoms with E-state index < -0.39 is 0 Å². The molecular weight excluding hydrogens is 254 g/mol. The number of carbonyl (C=O) groups excluding carboxylic acids is 1. The predicted molar refractivity (Wildman–Crippen MR) is 77.2 cm³/mol. The lowest BCUT2D eigenvalue weighted by Gasteiger charge is -2.26. The molecular formula is C15H25N3O2. The van der Waals surface area contributed by atoms with E-state index in [0.717, 1.165) is 30.6 Å². The number of aromatic nitrogens is 2. The van der Waals surface area contributed by atoms with Gasteiger partial charge in [-0.3, -0.25) is 9.89 Å². The first-order valence-corrected chi connectivity index (χ1v) is 7.46. The number of hydrogen-bond donors (Lipinski definition) is 1. The van der Waals surface area contributed by atoms with Gasteiger partial charge in [0.1, 0.15) is 0 Å². The summed E-state index contributed by atoms with van der Waals surface area (Å²) in [5, 5.41) is 7.00. The van der Waals surface area contributed by atoms with Gasteiger partial charge in [-0.2, -0.15) is 5.10 Å². The molecule has 112 valence electrons. The van der Waals surface area contributed by atoms with Crippen LogP contribution in [0, 0.1) is 5.92 Å². The van der Waals surface area contributed by atoms with E-state index in [-0.39, 0.29) is 12.0 Å². The average molecular weight is 279 g/mol. The molecule has 0 radical (unpaired) electrons. The van der Waals surface area contributed by atoms with Gasteiger partial charge >= 0.3 is 0 Å². The number of amides is 1. The Kier molecular flexibility index (Phi) is 5.17. The Morgan fingerprint density at radius 3 is 3.05 bits per heavy atom.